The van der Waals surface area contributed by atoms with Gasteiger partial charge in [-0.1, -0.05) is 170 Å². The van der Waals surface area contributed by atoms with Gasteiger partial charge in [0.05, 0.1) is 33.9 Å². The standard InChI is InChI=1S/C47H82NO9P/c1-6-8-10-12-14-16-18-20-22-23-24-26-28-30-32-34-36-44(49)38-39-46(50)54-42-45(43-56-58(52,53)55-41-40-48(3,4)5)57-47(51)37-35-33-31-29-27-25-21-19-17-15-13-11-9-7-2/h8,10,14,16,20,22,24,26,30,32,34,36,44-45,49H,6-7,9,11-13,15,17-19,21,23,25,27-29,31,33,35,37-43H2,1-5H3/b10-8-,16-14-,22-20-,26-24-,32-30-,36-34-/t44?,45-/m1/s1. The molecule has 0 aromatic rings. The van der Waals surface area contributed by atoms with Gasteiger partial charge in [-0.15, -0.1) is 0 Å². The number of aliphatic hydroxyl groups excluding tert-OH is 1. The van der Waals surface area contributed by atoms with Crippen LogP contribution in [0.2, 0.25) is 0 Å². The number of nitrogens with zero attached hydrogens (tertiary/aromatic N) is 1. The number of hydrogen-bond donors (Lipinski definition) is 1. The molecule has 0 amide bonds. The van der Waals surface area contributed by atoms with E-state index >= 15 is 0 Å². The lowest BCUT2D eigenvalue weighted by atomic mass is 10.0. The fraction of sp³-hybridized carbons (Fsp3) is 0.702. The quantitative estimate of drug-likeness (QED) is 0.0160. The normalized spacial score (nSPS) is 14.8. The van der Waals surface area contributed by atoms with Crippen molar-refractivity contribution in [2.75, 3.05) is 47.5 Å². The Labute approximate surface area is 353 Å². The molecule has 58 heavy (non-hydrogen) atoms. The van der Waals surface area contributed by atoms with Crippen LogP contribution in [-0.2, 0) is 32.7 Å². The van der Waals surface area contributed by atoms with Crippen molar-refractivity contribution < 1.29 is 47.2 Å². The molecule has 0 aliphatic rings. The fourth-order valence-electron chi connectivity index (χ4n) is 5.59. The Bertz CT molecular complexity index is 1230. The number of aliphatic hydroxyl groups is 1. The summed E-state index contributed by atoms with van der Waals surface area (Å²) in [6.45, 7) is 3.82. The number of quaternary nitrogens is 1. The Morgan fingerprint density at radius 3 is 1.66 bits per heavy atom. The van der Waals surface area contributed by atoms with Crippen molar-refractivity contribution in [3.63, 3.8) is 0 Å². The van der Waals surface area contributed by atoms with E-state index in [9.17, 15) is 24.2 Å². The predicted molar refractivity (Wildman–Crippen MR) is 237 cm³/mol. The van der Waals surface area contributed by atoms with E-state index < -0.39 is 38.6 Å². The molecular weight excluding hydrogens is 753 g/mol. The van der Waals surface area contributed by atoms with E-state index in [1.165, 1.54) is 64.2 Å². The molecule has 0 rings (SSSR count). The van der Waals surface area contributed by atoms with E-state index in [1.807, 2.05) is 33.3 Å². The highest BCUT2D eigenvalue weighted by Crippen LogP contribution is 2.38. The number of phosphoric ester groups is 1. The highest BCUT2D eigenvalue weighted by Gasteiger charge is 2.22. The van der Waals surface area contributed by atoms with Crippen molar-refractivity contribution >= 4 is 19.8 Å². The summed E-state index contributed by atoms with van der Waals surface area (Å²) >= 11 is 0. The van der Waals surface area contributed by atoms with E-state index in [1.54, 1.807) is 12.2 Å². The number of unbranched alkanes of at least 4 members (excludes halogenated alkanes) is 13. The van der Waals surface area contributed by atoms with Crippen molar-refractivity contribution in [3.05, 3.63) is 72.9 Å². The van der Waals surface area contributed by atoms with Gasteiger partial charge < -0.3 is 33.0 Å². The number of carbonyl (C=O) groups is 2. The molecule has 0 bridgehead atoms. The molecule has 2 unspecified atom stereocenters. The second kappa shape index (κ2) is 38.6. The minimum absolute atomic E-state index is 0.0688. The lowest BCUT2D eigenvalue weighted by Crippen LogP contribution is -2.37. The topological polar surface area (TPSA) is 131 Å². The van der Waals surface area contributed by atoms with Gasteiger partial charge in [-0.25, -0.2) is 0 Å². The Morgan fingerprint density at radius 2 is 1.14 bits per heavy atom. The fourth-order valence-corrected chi connectivity index (χ4v) is 6.32. The van der Waals surface area contributed by atoms with Gasteiger partial charge in [-0.3, -0.25) is 14.2 Å². The van der Waals surface area contributed by atoms with Crippen LogP contribution >= 0.6 is 7.82 Å². The van der Waals surface area contributed by atoms with Gasteiger partial charge in [0.1, 0.15) is 19.8 Å². The van der Waals surface area contributed by atoms with E-state index in [4.69, 9.17) is 18.5 Å². The van der Waals surface area contributed by atoms with Gasteiger partial charge in [0, 0.05) is 12.8 Å². The summed E-state index contributed by atoms with van der Waals surface area (Å²) in [4.78, 5) is 37.6. The summed E-state index contributed by atoms with van der Waals surface area (Å²) in [7, 11) is 1.04. The Balaban J connectivity index is 4.59. The first kappa shape index (κ1) is 55.4. The number of hydrogen-bond acceptors (Lipinski definition) is 9. The predicted octanol–water partition coefficient (Wildman–Crippen LogP) is 11.0. The van der Waals surface area contributed by atoms with E-state index in [0.29, 0.717) is 17.4 Å². The van der Waals surface area contributed by atoms with Crippen LogP contribution < -0.4 is 4.89 Å². The number of carbonyl (C=O) groups excluding carboxylic acids is 2. The summed E-state index contributed by atoms with van der Waals surface area (Å²) in [5, 5.41) is 10.3. The number of esters is 2. The van der Waals surface area contributed by atoms with Gasteiger partial charge in [0.25, 0.3) is 7.82 Å². The van der Waals surface area contributed by atoms with Crippen LogP contribution in [0.1, 0.15) is 155 Å². The molecule has 0 saturated carbocycles. The van der Waals surface area contributed by atoms with Crippen LogP contribution in [0.5, 0.6) is 0 Å². The zero-order valence-electron chi connectivity index (χ0n) is 37.1. The van der Waals surface area contributed by atoms with E-state index in [0.717, 1.165) is 51.4 Å². The maximum Gasteiger partial charge on any atom is 0.306 e. The van der Waals surface area contributed by atoms with Crippen molar-refractivity contribution in [1.29, 1.82) is 0 Å². The monoisotopic (exact) mass is 836 g/mol. The number of allylic oxidation sites excluding steroid dienone is 11. The van der Waals surface area contributed by atoms with Crippen molar-refractivity contribution in [2.45, 2.75) is 167 Å². The van der Waals surface area contributed by atoms with Crippen LogP contribution in [0.15, 0.2) is 72.9 Å². The number of rotatable bonds is 39. The average Bonchev–Trinajstić information content (AvgIpc) is 3.17. The first-order valence-electron chi connectivity index (χ1n) is 22.3. The van der Waals surface area contributed by atoms with Crippen molar-refractivity contribution in [3.8, 4) is 0 Å². The molecule has 0 spiro atoms. The lowest BCUT2D eigenvalue weighted by molar-refractivity contribution is -0.870. The third-order valence-corrected chi connectivity index (χ3v) is 10.1. The minimum atomic E-state index is -4.68. The molecule has 11 heteroatoms. The molecule has 0 radical (unpaired) electrons. The van der Waals surface area contributed by atoms with Crippen LogP contribution in [0.25, 0.3) is 0 Å². The Kier molecular flexibility index (Phi) is 36.9. The summed E-state index contributed by atoms with van der Waals surface area (Å²) < 4.78 is 33.7. The van der Waals surface area contributed by atoms with Crippen LogP contribution in [0.3, 0.4) is 0 Å². The molecule has 334 valence electrons. The van der Waals surface area contributed by atoms with Gasteiger partial charge in [-0.05, 0) is 44.9 Å². The average molecular weight is 836 g/mol. The van der Waals surface area contributed by atoms with Gasteiger partial charge in [0.2, 0.25) is 0 Å². The molecule has 3 atom stereocenters. The largest absolute Gasteiger partial charge is 0.756 e. The molecular formula is C47H82NO9P. The third-order valence-electron chi connectivity index (χ3n) is 9.11. The number of phosphoric acid groups is 1. The smallest absolute Gasteiger partial charge is 0.306 e. The number of likely N-dealkylation sites (N-methyl/N-ethyl adjacent to an activating group) is 1. The maximum atomic E-state index is 12.7. The first-order chi connectivity index (χ1) is 27.9. The maximum absolute atomic E-state index is 12.7. The molecule has 0 aliphatic carbocycles. The third kappa shape index (κ3) is 41.6. The molecule has 0 heterocycles. The summed E-state index contributed by atoms with van der Waals surface area (Å²) in [5.74, 6) is -1.12. The molecule has 0 fully saturated rings. The SMILES string of the molecule is CC/C=C\C/C=C\C/C=C\C/C=C\C/C=C\C=C/C(O)CCC(=O)OC[C@H](COP(=O)([O-])OCC[N+](C)(C)C)OC(=O)CCCCCCCCCCCCCCCC. The molecule has 0 aromatic heterocycles. The zero-order valence-corrected chi connectivity index (χ0v) is 38.0. The second-order valence-electron chi connectivity index (χ2n) is 15.9. The van der Waals surface area contributed by atoms with Gasteiger partial charge in [-0.2, -0.15) is 0 Å². The lowest BCUT2D eigenvalue weighted by Gasteiger charge is -2.28. The Morgan fingerprint density at radius 1 is 0.638 bits per heavy atom. The summed E-state index contributed by atoms with van der Waals surface area (Å²) in [6.07, 6.45) is 44.0. The van der Waals surface area contributed by atoms with Gasteiger partial charge >= 0.3 is 11.9 Å². The van der Waals surface area contributed by atoms with Gasteiger partial charge in [0.15, 0.2) is 6.10 Å². The molecule has 0 saturated heterocycles. The van der Waals surface area contributed by atoms with Crippen molar-refractivity contribution in [1.82, 2.24) is 0 Å². The first-order valence-corrected chi connectivity index (χ1v) is 23.7. The molecule has 10 nitrogen and oxygen atoms in total. The van der Waals surface area contributed by atoms with E-state index in [-0.39, 0.29) is 32.5 Å². The number of ether oxygens (including phenoxy) is 2. The summed E-state index contributed by atoms with van der Waals surface area (Å²) in [5.41, 5.74) is 0. The Hall–Kier alpha value is -2.59. The van der Waals surface area contributed by atoms with Crippen molar-refractivity contribution in [2.24, 2.45) is 0 Å². The van der Waals surface area contributed by atoms with Crippen LogP contribution in [0.4, 0.5) is 0 Å². The highest BCUT2D eigenvalue weighted by atomic mass is 31.2. The minimum Gasteiger partial charge on any atom is -0.756 e. The highest BCUT2D eigenvalue weighted by molar-refractivity contribution is 7.45. The second-order valence-corrected chi connectivity index (χ2v) is 17.3. The van der Waals surface area contributed by atoms with E-state index in [2.05, 4.69) is 62.5 Å². The van der Waals surface area contributed by atoms with Crippen LogP contribution in [0, 0.1) is 0 Å². The molecule has 1 N–H and O–H groups in total. The molecule has 0 aromatic carbocycles. The molecule has 0 aliphatic heterocycles. The summed E-state index contributed by atoms with van der Waals surface area (Å²) in [6, 6.07) is 0. The van der Waals surface area contributed by atoms with Crippen LogP contribution in [-0.4, -0.2) is 81.2 Å². The zero-order chi connectivity index (χ0) is 43.0.